The fourth-order valence-corrected chi connectivity index (χ4v) is 2.29. The van der Waals surface area contributed by atoms with Crippen LogP contribution in [0, 0.1) is 12.8 Å². The SMILES string of the molecule is CCC(C)CC(CC)(Nc1ccccc1C)C(=O)O. The molecule has 2 atom stereocenters. The highest BCUT2D eigenvalue weighted by Gasteiger charge is 2.37. The minimum atomic E-state index is -0.873. The van der Waals surface area contributed by atoms with Crippen LogP contribution in [0.25, 0.3) is 0 Å². The van der Waals surface area contributed by atoms with Crippen LogP contribution in [-0.2, 0) is 4.79 Å². The summed E-state index contributed by atoms with van der Waals surface area (Å²) in [5.74, 6) is -0.383. The van der Waals surface area contributed by atoms with Crippen molar-refractivity contribution in [2.24, 2.45) is 5.92 Å². The van der Waals surface area contributed by atoms with Gasteiger partial charge < -0.3 is 10.4 Å². The molecule has 0 saturated carbocycles. The number of para-hydroxylation sites is 1. The Bertz CT molecular complexity index is 431. The van der Waals surface area contributed by atoms with Crippen molar-refractivity contribution in [3.8, 4) is 0 Å². The van der Waals surface area contributed by atoms with E-state index < -0.39 is 11.5 Å². The number of carboxylic acid groups (broad SMARTS) is 1. The van der Waals surface area contributed by atoms with Gasteiger partial charge in [-0.05, 0) is 37.3 Å². The summed E-state index contributed by atoms with van der Waals surface area (Å²) in [5.41, 5.74) is 1.11. The highest BCUT2D eigenvalue weighted by Crippen LogP contribution is 2.29. The van der Waals surface area contributed by atoms with Crippen molar-refractivity contribution in [1.82, 2.24) is 0 Å². The first kappa shape index (κ1) is 15.5. The number of aliphatic carboxylic acids is 1. The molecule has 0 aromatic heterocycles. The number of hydrogen-bond acceptors (Lipinski definition) is 2. The average Bonchev–Trinajstić information content (AvgIpc) is 2.39. The predicted octanol–water partition coefficient (Wildman–Crippen LogP) is 4.08. The summed E-state index contributed by atoms with van der Waals surface area (Å²) in [6.07, 6.45) is 2.20. The van der Waals surface area contributed by atoms with Gasteiger partial charge >= 0.3 is 5.97 Å². The van der Waals surface area contributed by atoms with E-state index in [0.717, 1.165) is 17.7 Å². The normalized spacial score (nSPS) is 15.6. The molecule has 0 spiro atoms. The number of carboxylic acids is 1. The summed E-state index contributed by atoms with van der Waals surface area (Å²) in [6.45, 7) is 8.13. The number of benzene rings is 1. The summed E-state index contributed by atoms with van der Waals surface area (Å²) in [7, 11) is 0. The van der Waals surface area contributed by atoms with E-state index in [2.05, 4.69) is 19.2 Å². The second-order valence-electron chi connectivity index (χ2n) is 5.40. The summed E-state index contributed by atoms with van der Waals surface area (Å²) >= 11 is 0. The first-order chi connectivity index (χ1) is 8.95. The van der Waals surface area contributed by atoms with Gasteiger partial charge in [-0.25, -0.2) is 4.79 Å². The van der Waals surface area contributed by atoms with Crippen LogP contribution < -0.4 is 5.32 Å². The van der Waals surface area contributed by atoms with Gasteiger partial charge in [-0.3, -0.25) is 0 Å². The summed E-state index contributed by atoms with van der Waals surface area (Å²) in [6, 6.07) is 7.83. The third-order valence-electron chi connectivity index (χ3n) is 3.93. The van der Waals surface area contributed by atoms with E-state index in [1.54, 1.807) is 0 Å². The van der Waals surface area contributed by atoms with Crippen LogP contribution in [0.3, 0.4) is 0 Å². The van der Waals surface area contributed by atoms with E-state index in [-0.39, 0.29) is 0 Å². The molecule has 0 radical (unpaired) electrons. The molecule has 1 rings (SSSR count). The molecule has 0 aliphatic rings. The maximum absolute atomic E-state index is 11.8. The van der Waals surface area contributed by atoms with Gasteiger partial charge in [0, 0.05) is 5.69 Å². The van der Waals surface area contributed by atoms with Crippen molar-refractivity contribution in [3.63, 3.8) is 0 Å². The number of carbonyl (C=O) groups is 1. The van der Waals surface area contributed by atoms with Gasteiger partial charge in [0.05, 0.1) is 0 Å². The van der Waals surface area contributed by atoms with Gasteiger partial charge in [-0.2, -0.15) is 0 Å². The fraction of sp³-hybridized carbons (Fsp3) is 0.562. The molecular formula is C16H25NO2. The van der Waals surface area contributed by atoms with Gasteiger partial charge in [-0.15, -0.1) is 0 Å². The van der Waals surface area contributed by atoms with Crippen LogP contribution >= 0.6 is 0 Å². The van der Waals surface area contributed by atoms with E-state index in [1.165, 1.54) is 0 Å². The Labute approximate surface area is 116 Å². The average molecular weight is 263 g/mol. The Balaban J connectivity index is 3.04. The zero-order valence-electron chi connectivity index (χ0n) is 12.4. The van der Waals surface area contributed by atoms with Gasteiger partial charge in [0.15, 0.2) is 0 Å². The third-order valence-corrected chi connectivity index (χ3v) is 3.93. The molecule has 0 aliphatic carbocycles. The molecule has 0 aliphatic heterocycles. The van der Waals surface area contributed by atoms with Crippen molar-refractivity contribution >= 4 is 11.7 Å². The lowest BCUT2D eigenvalue weighted by Gasteiger charge is -2.33. The van der Waals surface area contributed by atoms with Crippen LogP contribution in [-0.4, -0.2) is 16.6 Å². The summed E-state index contributed by atoms with van der Waals surface area (Å²) in [4.78, 5) is 11.8. The van der Waals surface area contributed by atoms with E-state index in [1.807, 2.05) is 38.1 Å². The molecule has 0 fully saturated rings. The van der Waals surface area contributed by atoms with E-state index in [4.69, 9.17) is 0 Å². The van der Waals surface area contributed by atoms with E-state index >= 15 is 0 Å². The summed E-state index contributed by atoms with van der Waals surface area (Å²) in [5, 5.41) is 12.9. The molecular weight excluding hydrogens is 238 g/mol. The first-order valence-electron chi connectivity index (χ1n) is 7.02. The van der Waals surface area contributed by atoms with Crippen molar-refractivity contribution in [2.45, 2.75) is 52.5 Å². The number of nitrogens with one attached hydrogen (secondary N) is 1. The van der Waals surface area contributed by atoms with Crippen LogP contribution in [0.5, 0.6) is 0 Å². The molecule has 1 aromatic carbocycles. The largest absolute Gasteiger partial charge is 0.480 e. The zero-order valence-corrected chi connectivity index (χ0v) is 12.4. The predicted molar refractivity (Wildman–Crippen MR) is 79.5 cm³/mol. The van der Waals surface area contributed by atoms with Gasteiger partial charge in [0.2, 0.25) is 0 Å². The smallest absolute Gasteiger partial charge is 0.329 e. The maximum atomic E-state index is 11.8. The lowest BCUT2D eigenvalue weighted by molar-refractivity contribution is -0.143. The molecule has 106 valence electrons. The maximum Gasteiger partial charge on any atom is 0.329 e. The van der Waals surface area contributed by atoms with Crippen molar-refractivity contribution in [3.05, 3.63) is 29.8 Å². The Kier molecular flexibility index (Phi) is 5.40. The number of anilines is 1. The lowest BCUT2D eigenvalue weighted by atomic mass is 9.84. The standard InChI is InChI=1S/C16H25NO2/c1-5-12(3)11-16(6-2,15(18)19)17-14-10-8-7-9-13(14)4/h7-10,12,17H,5-6,11H2,1-4H3,(H,18,19). The second-order valence-corrected chi connectivity index (χ2v) is 5.40. The van der Waals surface area contributed by atoms with Crippen molar-refractivity contribution in [1.29, 1.82) is 0 Å². The van der Waals surface area contributed by atoms with Gasteiger partial charge in [-0.1, -0.05) is 45.4 Å². The Morgan fingerprint density at radius 2 is 2.00 bits per heavy atom. The van der Waals surface area contributed by atoms with Gasteiger partial charge in [0.1, 0.15) is 5.54 Å². The van der Waals surface area contributed by atoms with Crippen molar-refractivity contribution < 1.29 is 9.90 Å². The minimum absolute atomic E-state index is 0.382. The molecule has 2 N–H and O–H groups in total. The topological polar surface area (TPSA) is 49.3 Å². The Morgan fingerprint density at radius 3 is 2.47 bits per heavy atom. The Hall–Kier alpha value is -1.51. The molecule has 2 unspecified atom stereocenters. The highest BCUT2D eigenvalue weighted by atomic mass is 16.4. The summed E-state index contributed by atoms with van der Waals surface area (Å²) < 4.78 is 0. The molecule has 19 heavy (non-hydrogen) atoms. The van der Waals surface area contributed by atoms with E-state index in [0.29, 0.717) is 18.8 Å². The van der Waals surface area contributed by atoms with Crippen molar-refractivity contribution in [2.75, 3.05) is 5.32 Å². The highest BCUT2D eigenvalue weighted by molar-refractivity contribution is 5.83. The van der Waals surface area contributed by atoms with Crippen LogP contribution in [0.4, 0.5) is 5.69 Å². The molecule has 3 nitrogen and oxygen atoms in total. The van der Waals surface area contributed by atoms with Crippen LogP contribution in [0.1, 0.15) is 45.6 Å². The number of rotatable bonds is 7. The fourth-order valence-electron chi connectivity index (χ4n) is 2.29. The lowest BCUT2D eigenvalue weighted by Crippen LogP contribution is -2.47. The third kappa shape index (κ3) is 3.72. The second kappa shape index (κ2) is 6.60. The molecule has 0 amide bonds. The minimum Gasteiger partial charge on any atom is -0.480 e. The monoisotopic (exact) mass is 263 g/mol. The van der Waals surface area contributed by atoms with E-state index in [9.17, 15) is 9.90 Å². The first-order valence-corrected chi connectivity index (χ1v) is 7.02. The van der Waals surface area contributed by atoms with Gasteiger partial charge in [0.25, 0.3) is 0 Å². The molecule has 3 heteroatoms. The molecule has 0 saturated heterocycles. The molecule has 0 bridgehead atoms. The number of hydrogen-bond donors (Lipinski definition) is 2. The molecule has 1 aromatic rings. The molecule has 0 heterocycles. The zero-order chi connectivity index (χ0) is 14.5. The van der Waals surface area contributed by atoms with Crippen LogP contribution in [0.2, 0.25) is 0 Å². The quantitative estimate of drug-likeness (QED) is 0.779. The Morgan fingerprint density at radius 1 is 1.37 bits per heavy atom. The van der Waals surface area contributed by atoms with Crippen LogP contribution in [0.15, 0.2) is 24.3 Å². The number of aryl methyl sites for hydroxylation is 1.